The van der Waals surface area contributed by atoms with Crippen molar-refractivity contribution in [3.8, 4) is 11.5 Å². The van der Waals surface area contributed by atoms with Crippen LogP contribution >= 0.6 is 0 Å². The normalized spacial score (nSPS) is 20.5. The van der Waals surface area contributed by atoms with Crippen molar-refractivity contribution in [2.24, 2.45) is 17.8 Å². The summed E-state index contributed by atoms with van der Waals surface area (Å²) < 4.78 is 88.2. The molecule has 1 heterocycles. The van der Waals surface area contributed by atoms with Gasteiger partial charge in [0.2, 0.25) is 11.8 Å². The van der Waals surface area contributed by atoms with Crippen molar-refractivity contribution in [2.75, 3.05) is 18.1 Å². The highest BCUT2D eigenvalue weighted by atomic mass is 19.4. The summed E-state index contributed by atoms with van der Waals surface area (Å²) in [5, 5.41) is 32.7. The van der Waals surface area contributed by atoms with Gasteiger partial charge in [0, 0.05) is 11.5 Å². The lowest BCUT2D eigenvalue weighted by molar-refractivity contribution is -0.143. The predicted molar refractivity (Wildman–Crippen MR) is 176 cm³/mol. The van der Waals surface area contributed by atoms with Crippen LogP contribution in [0.15, 0.2) is 89.5 Å². The number of fused-ring (bicyclic) bond motifs is 1. The molecule has 272 valence electrons. The average molecular weight is 718 g/mol. The molecule has 0 spiro atoms. The van der Waals surface area contributed by atoms with Gasteiger partial charge in [0.1, 0.15) is 18.1 Å². The first-order chi connectivity index (χ1) is 24.1. The summed E-state index contributed by atoms with van der Waals surface area (Å²) in [6.45, 7) is 1.05. The number of halogens is 6. The minimum atomic E-state index is -5.21. The summed E-state index contributed by atoms with van der Waals surface area (Å²) in [4.78, 5) is 28.1. The molecule has 2 aliphatic rings. The molecular weight excluding hydrogens is 680 g/mol. The van der Waals surface area contributed by atoms with Gasteiger partial charge in [-0.3, -0.25) is 9.59 Å². The van der Waals surface area contributed by atoms with Gasteiger partial charge in [-0.25, -0.2) is 4.90 Å². The van der Waals surface area contributed by atoms with Crippen LogP contribution < -0.4 is 9.64 Å². The number of aliphatic hydroxyl groups is 2. The Morgan fingerprint density at radius 1 is 0.922 bits per heavy atom. The zero-order valence-corrected chi connectivity index (χ0v) is 27.5. The molecule has 5 rings (SSSR count). The van der Waals surface area contributed by atoms with Crippen LogP contribution in [0.4, 0.5) is 32.0 Å². The number of rotatable bonds is 12. The van der Waals surface area contributed by atoms with Crippen LogP contribution in [-0.2, 0) is 21.9 Å². The van der Waals surface area contributed by atoms with E-state index in [1.807, 2.05) is 13.0 Å². The lowest BCUT2D eigenvalue weighted by Gasteiger charge is -2.36. The van der Waals surface area contributed by atoms with Gasteiger partial charge in [0.25, 0.3) is 0 Å². The first kappa shape index (κ1) is 37.6. The van der Waals surface area contributed by atoms with Crippen molar-refractivity contribution < 1.29 is 56.0 Å². The Kier molecular flexibility index (Phi) is 11.3. The van der Waals surface area contributed by atoms with Crippen LogP contribution in [0.25, 0.3) is 6.08 Å². The smallest absolute Gasteiger partial charge is 0.416 e. The zero-order valence-electron chi connectivity index (χ0n) is 27.5. The summed E-state index contributed by atoms with van der Waals surface area (Å²) in [6, 6.07) is 15.9. The number of nitrogens with zero attached hydrogens (tertiary/aromatic N) is 1. The number of aromatic hydroxyl groups is 1. The van der Waals surface area contributed by atoms with E-state index in [1.54, 1.807) is 54.6 Å². The Bertz CT molecular complexity index is 1770. The maximum absolute atomic E-state index is 13.9. The largest absolute Gasteiger partial charge is 0.507 e. The molecule has 4 atom stereocenters. The van der Waals surface area contributed by atoms with E-state index < -0.39 is 71.4 Å². The number of ether oxygens (including phenoxy) is 1. The number of allylic oxidation sites excluding steroid dienone is 1. The standard InChI is InChI=1S/C38H37F6NO6/c1-2-8-22(15-23-9-6-7-12-31(23)47)13-14-32(48)33-24(21-51-28-10-4-3-5-11-28)16-29-34(30(33)20-46)36(50)45(35(29)49)27-18-25(37(39,40)41)17-26(19-27)38(42,43)44/h3-7,9-12,15,17-19,29-30,32,34,46-48H,2,8,13-14,16,20-21H2,1H3/b22-15+/t29-,30+,32-,34-/m1/s1. The van der Waals surface area contributed by atoms with E-state index in [-0.39, 0.29) is 36.8 Å². The number of hydrogen-bond acceptors (Lipinski definition) is 6. The SMILES string of the molecule is CCC/C(=C\c1ccccc1O)CC[C@@H](O)C1=C(COc2ccccc2)C[C@H]2C(=O)N(c3cc(C(F)(F)F)cc(C(F)(F)F)c3)C(=O)[C@H]2[C@H]1CO. The predicted octanol–water partition coefficient (Wildman–Crippen LogP) is 7.95. The minimum Gasteiger partial charge on any atom is -0.507 e. The van der Waals surface area contributed by atoms with E-state index in [0.717, 1.165) is 12.0 Å². The summed E-state index contributed by atoms with van der Waals surface area (Å²) in [5.41, 5.74) is -2.16. The van der Waals surface area contributed by atoms with Crippen LogP contribution in [0.1, 0.15) is 55.7 Å². The number of para-hydroxylation sites is 2. The van der Waals surface area contributed by atoms with Gasteiger partial charge in [-0.2, -0.15) is 26.3 Å². The maximum Gasteiger partial charge on any atom is 0.416 e. The molecule has 1 aliphatic carbocycles. The fourth-order valence-electron chi connectivity index (χ4n) is 7.00. The molecule has 1 saturated heterocycles. The van der Waals surface area contributed by atoms with Crippen LogP contribution in [0.3, 0.4) is 0 Å². The van der Waals surface area contributed by atoms with Gasteiger partial charge in [-0.1, -0.05) is 61.4 Å². The Morgan fingerprint density at radius 2 is 1.55 bits per heavy atom. The quantitative estimate of drug-likeness (QED) is 0.0998. The molecule has 3 N–H and O–H groups in total. The summed E-state index contributed by atoms with van der Waals surface area (Å²) in [6.07, 6.45) is -8.23. The number of aliphatic hydroxyl groups excluding tert-OH is 2. The maximum atomic E-state index is 13.9. The van der Waals surface area contributed by atoms with Gasteiger partial charge < -0.3 is 20.1 Å². The topological polar surface area (TPSA) is 107 Å². The van der Waals surface area contributed by atoms with Crippen molar-refractivity contribution >= 4 is 23.6 Å². The fourth-order valence-corrected chi connectivity index (χ4v) is 7.00. The van der Waals surface area contributed by atoms with E-state index in [0.29, 0.717) is 46.8 Å². The molecule has 2 amide bonds. The van der Waals surface area contributed by atoms with Crippen LogP contribution in [0.2, 0.25) is 0 Å². The highest BCUT2D eigenvalue weighted by molar-refractivity contribution is 6.22. The van der Waals surface area contributed by atoms with Crippen LogP contribution in [-0.4, -0.2) is 46.5 Å². The molecule has 1 fully saturated rings. The number of hydrogen-bond donors (Lipinski definition) is 3. The van der Waals surface area contributed by atoms with Crippen molar-refractivity contribution in [2.45, 2.75) is 57.5 Å². The van der Waals surface area contributed by atoms with Gasteiger partial charge in [0.15, 0.2) is 0 Å². The number of anilines is 1. The van der Waals surface area contributed by atoms with Crippen LogP contribution in [0.5, 0.6) is 11.5 Å². The third kappa shape index (κ3) is 8.31. The van der Waals surface area contributed by atoms with Gasteiger partial charge in [-0.05, 0) is 73.2 Å². The number of alkyl halides is 6. The van der Waals surface area contributed by atoms with Gasteiger partial charge >= 0.3 is 12.4 Å². The number of phenols is 1. The van der Waals surface area contributed by atoms with Gasteiger partial charge in [-0.15, -0.1) is 0 Å². The first-order valence-electron chi connectivity index (χ1n) is 16.5. The summed E-state index contributed by atoms with van der Waals surface area (Å²) in [7, 11) is 0. The molecule has 0 bridgehead atoms. The molecular formula is C38H37F6NO6. The second-order valence-corrected chi connectivity index (χ2v) is 12.7. The van der Waals surface area contributed by atoms with Crippen molar-refractivity contribution in [1.82, 2.24) is 0 Å². The summed E-state index contributed by atoms with van der Waals surface area (Å²) >= 11 is 0. The number of carbonyl (C=O) groups is 2. The molecule has 51 heavy (non-hydrogen) atoms. The Labute approximate surface area is 290 Å². The zero-order chi connectivity index (χ0) is 37.1. The van der Waals surface area contributed by atoms with E-state index in [9.17, 15) is 51.3 Å². The molecule has 3 aromatic rings. The first-order valence-corrected chi connectivity index (χ1v) is 16.5. The highest BCUT2D eigenvalue weighted by Gasteiger charge is 2.56. The number of phenolic OH excluding ortho intramolecular Hbond substituents is 1. The Morgan fingerprint density at radius 3 is 2.14 bits per heavy atom. The molecule has 0 saturated carbocycles. The second kappa shape index (κ2) is 15.3. The fraction of sp³-hybridized carbons (Fsp3) is 0.368. The lowest BCUT2D eigenvalue weighted by atomic mass is 9.68. The molecule has 0 aromatic heterocycles. The summed E-state index contributed by atoms with van der Waals surface area (Å²) in [5.74, 6) is -5.39. The Hall–Kier alpha value is -4.62. The minimum absolute atomic E-state index is 0.0745. The molecule has 3 aromatic carbocycles. The van der Waals surface area contributed by atoms with E-state index >= 15 is 0 Å². The van der Waals surface area contributed by atoms with Crippen molar-refractivity contribution in [3.63, 3.8) is 0 Å². The number of amides is 2. The molecule has 0 unspecified atom stereocenters. The number of benzene rings is 3. The Balaban J connectivity index is 1.52. The molecule has 7 nitrogen and oxygen atoms in total. The van der Waals surface area contributed by atoms with E-state index in [2.05, 4.69) is 0 Å². The van der Waals surface area contributed by atoms with Crippen LogP contribution in [0, 0.1) is 17.8 Å². The van der Waals surface area contributed by atoms with Gasteiger partial charge in [0.05, 0.1) is 41.4 Å². The second-order valence-electron chi connectivity index (χ2n) is 12.7. The monoisotopic (exact) mass is 717 g/mol. The average Bonchev–Trinajstić information content (AvgIpc) is 3.34. The number of carbonyl (C=O) groups excluding carboxylic acids is 2. The van der Waals surface area contributed by atoms with E-state index in [1.165, 1.54) is 0 Å². The third-order valence-electron chi connectivity index (χ3n) is 9.33. The molecule has 1 aliphatic heterocycles. The van der Waals surface area contributed by atoms with Crippen molar-refractivity contribution in [3.05, 3.63) is 106 Å². The van der Waals surface area contributed by atoms with E-state index in [4.69, 9.17) is 4.74 Å². The lowest BCUT2D eigenvalue weighted by Crippen LogP contribution is -2.40. The molecule has 0 radical (unpaired) electrons. The highest BCUT2D eigenvalue weighted by Crippen LogP contribution is 2.49. The van der Waals surface area contributed by atoms with Crippen molar-refractivity contribution in [1.29, 1.82) is 0 Å². The number of imide groups is 1. The third-order valence-corrected chi connectivity index (χ3v) is 9.33. The molecule has 13 heteroatoms.